The fourth-order valence-corrected chi connectivity index (χ4v) is 4.15. The molecule has 0 atom stereocenters. The van der Waals surface area contributed by atoms with Crippen LogP contribution in [0.5, 0.6) is 0 Å². The van der Waals surface area contributed by atoms with Crippen molar-refractivity contribution < 1.29 is 21.7 Å². The highest BCUT2D eigenvalue weighted by molar-refractivity contribution is 7.89. The first-order chi connectivity index (χ1) is 11.9. The Morgan fingerprint density at radius 3 is 2.31 bits per heavy atom. The zero-order valence-corrected chi connectivity index (χ0v) is 15.3. The number of hydrogen-bond donors (Lipinski definition) is 1. The van der Waals surface area contributed by atoms with Crippen molar-refractivity contribution in [2.24, 2.45) is 5.73 Å². The highest BCUT2D eigenvalue weighted by Crippen LogP contribution is 2.23. The fraction of sp³-hybridized carbons (Fsp3) is 0.429. The van der Waals surface area contributed by atoms with Crippen LogP contribution >= 0.6 is 12.4 Å². The molecule has 0 unspecified atom stereocenters. The summed E-state index contributed by atoms with van der Waals surface area (Å²) < 4.78 is 58.6. The normalized spacial score (nSPS) is 16.4. The maximum Gasteiger partial charge on any atom is 0.249 e. The molecule has 2 heterocycles. The Bertz CT molecular complexity index is 836. The number of nitrogens with two attached hydrogens (primary N) is 1. The Kier molecular flexibility index (Phi) is 6.64. The Morgan fingerprint density at radius 1 is 1.15 bits per heavy atom. The molecule has 0 aliphatic carbocycles. The van der Waals surface area contributed by atoms with Crippen LogP contribution in [0.1, 0.15) is 11.7 Å². The van der Waals surface area contributed by atoms with Gasteiger partial charge in [-0.2, -0.15) is 9.29 Å². The fourth-order valence-electron chi connectivity index (χ4n) is 2.62. The van der Waals surface area contributed by atoms with E-state index in [1.54, 1.807) is 0 Å². The van der Waals surface area contributed by atoms with Crippen molar-refractivity contribution in [3.05, 3.63) is 41.5 Å². The molecule has 1 fully saturated rings. The lowest BCUT2D eigenvalue weighted by Crippen LogP contribution is -2.48. The van der Waals surface area contributed by atoms with Gasteiger partial charge in [0.05, 0.1) is 13.1 Å². The van der Waals surface area contributed by atoms with E-state index in [0.29, 0.717) is 31.3 Å². The first kappa shape index (κ1) is 20.6. The van der Waals surface area contributed by atoms with Crippen molar-refractivity contribution >= 4 is 22.4 Å². The van der Waals surface area contributed by atoms with E-state index in [-0.39, 0.29) is 32.0 Å². The third-order valence-electron chi connectivity index (χ3n) is 3.90. The quantitative estimate of drug-likeness (QED) is 0.776. The molecule has 2 N–H and O–H groups in total. The predicted octanol–water partition coefficient (Wildman–Crippen LogP) is 0.735. The number of halogens is 3. The summed E-state index contributed by atoms with van der Waals surface area (Å²) in [7, 11) is -4.23. The Hall–Kier alpha value is -1.66. The topological polar surface area (TPSA) is 106 Å². The standard InChI is InChI=1S/C14H17F2N5O3S.ClH/c15-10-2-1-3-11(16)14(10)25(22,23)21-6-4-20(5-7-21)9-12-18-13(8-17)24-19-12;/h1-3H,4-9,17H2;1H. The van der Waals surface area contributed by atoms with Crippen molar-refractivity contribution in [3.8, 4) is 0 Å². The molecule has 2 aromatic rings. The summed E-state index contributed by atoms with van der Waals surface area (Å²) in [6.07, 6.45) is 0. The van der Waals surface area contributed by atoms with E-state index < -0.39 is 26.6 Å². The zero-order chi connectivity index (χ0) is 18.0. The predicted molar refractivity (Wildman–Crippen MR) is 89.8 cm³/mol. The van der Waals surface area contributed by atoms with Crippen LogP contribution in [-0.2, 0) is 23.1 Å². The first-order valence-corrected chi connectivity index (χ1v) is 9.04. The number of benzene rings is 1. The van der Waals surface area contributed by atoms with Gasteiger partial charge in [-0.3, -0.25) is 4.90 Å². The van der Waals surface area contributed by atoms with E-state index in [0.717, 1.165) is 22.5 Å². The second kappa shape index (κ2) is 8.35. The van der Waals surface area contributed by atoms with Gasteiger partial charge in [-0.25, -0.2) is 17.2 Å². The molecule has 0 amide bonds. The molecular weight excluding hydrogens is 392 g/mol. The van der Waals surface area contributed by atoms with Gasteiger partial charge < -0.3 is 10.3 Å². The largest absolute Gasteiger partial charge is 0.338 e. The molecule has 0 saturated carbocycles. The van der Waals surface area contributed by atoms with Crippen LogP contribution in [0.15, 0.2) is 27.6 Å². The second-order valence-corrected chi connectivity index (χ2v) is 7.41. The van der Waals surface area contributed by atoms with E-state index in [2.05, 4.69) is 10.1 Å². The number of rotatable bonds is 5. The average Bonchev–Trinajstić information content (AvgIpc) is 3.02. The van der Waals surface area contributed by atoms with Gasteiger partial charge in [0.2, 0.25) is 15.9 Å². The summed E-state index contributed by atoms with van der Waals surface area (Å²) >= 11 is 0. The molecular formula is C14H18ClF2N5O3S. The van der Waals surface area contributed by atoms with Gasteiger partial charge in [0, 0.05) is 26.2 Å². The van der Waals surface area contributed by atoms with E-state index in [4.69, 9.17) is 10.3 Å². The molecule has 0 radical (unpaired) electrons. The van der Waals surface area contributed by atoms with Crippen molar-refractivity contribution in [1.29, 1.82) is 0 Å². The number of nitrogens with zero attached hydrogens (tertiary/aromatic N) is 4. The number of piperazine rings is 1. The Labute approximate surface area is 155 Å². The third kappa shape index (κ3) is 4.18. The monoisotopic (exact) mass is 409 g/mol. The molecule has 3 rings (SSSR count). The molecule has 12 heteroatoms. The van der Waals surface area contributed by atoms with Crippen molar-refractivity contribution in [2.75, 3.05) is 26.2 Å². The number of hydrogen-bond acceptors (Lipinski definition) is 7. The minimum Gasteiger partial charge on any atom is -0.338 e. The number of sulfonamides is 1. The van der Waals surface area contributed by atoms with Gasteiger partial charge in [0.15, 0.2) is 10.7 Å². The maximum atomic E-state index is 13.8. The van der Waals surface area contributed by atoms with Gasteiger partial charge in [0.1, 0.15) is 11.6 Å². The maximum absolute atomic E-state index is 13.8. The summed E-state index contributed by atoms with van der Waals surface area (Å²) in [5.74, 6) is -1.41. The molecule has 8 nitrogen and oxygen atoms in total. The lowest BCUT2D eigenvalue weighted by Gasteiger charge is -2.33. The van der Waals surface area contributed by atoms with Gasteiger partial charge >= 0.3 is 0 Å². The summed E-state index contributed by atoms with van der Waals surface area (Å²) in [4.78, 5) is 5.10. The van der Waals surface area contributed by atoms with Crippen molar-refractivity contribution in [2.45, 2.75) is 18.0 Å². The summed E-state index contributed by atoms with van der Waals surface area (Å²) in [6, 6.07) is 2.98. The highest BCUT2D eigenvalue weighted by Gasteiger charge is 2.33. The van der Waals surface area contributed by atoms with Gasteiger partial charge in [0.25, 0.3) is 0 Å². The van der Waals surface area contributed by atoms with Gasteiger partial charge in [-0.1, -0.05) is 11.2 Å². The third-order valence-corrected chi connectivity index (χ3v) is 5.85. The molecule has 0 spiro atoms. The molecule has 1 saturated heterocycles. The molecule has 1 aliphatic rings. The second-order valence-electron chi connectivity index (χ2n) is 5.54. The van der Waals surface area contributed by atoms with Crippen molar-refractivity contribution in [1.82, 2.24) is 19.3 Å². The lowest BCUT2D eigenvalue weighted by atomic mass is 10.3. The molecule has 1 aromatic carbocycles. The molecule has 26 heavy (non-hydrogen) atoms. The lowest BCUT2D eigenvalue weighted by molar-refractivity contribution is 0.176. The van der Waals surface area contributed by atoms with Crippen molar-refractivity contribution in [3.63, 3.8) is 0 Å². The highest BCUT2D eigenvalue weighted by atomic mass is 35.5. The van der Waals surface area contributed by atoms with Gasteiger partial charge in [-0.05, 0) is 12.1 Å². The van der Waals surface area contributed by atoms with Crippen LogP contribution in [0, 0.1) is 11.6 Å². The summed E-state index contributed by atoms with van der Waals surface area (Å²) in [6.45, 7) is 1.50. The van der Waals surface area contributed by atoms with E-state index in [1.165, 1.54) is 0 Å². The van der Waals surface area contributed by atoms with Gasteiger partial charge in [-0.15, -0.1) is 12.4 Å². The minimum atomic E-state index is -4.23. The van der Waals surface area contributed by atoms with E-state index in [9.17, 15) is 17.2 Å². The van der Waals surface area contributed by atoms with E-state index >= 15 is 0 Å². The van der Waals surface area contributed by atoms with Crippen LogP contribution in [0.3, 0.4) is 0 Å². The van der Waals surface area contributed by atoms with Crippen LogP contribution < -0.4 is 5.73 Å². The smallest absolute Gasteiger partial charge is 0.249 e. The summed E-state index contributed by atoms with van der Waals surface area (Å²) in [5, 5.41) is 3.78. The minimum absolute atomic E-state index is 0. The SMILES string of the molecule is Cl.NCc1nc(CN2CCN(S(=O)(=O)c3c(F)cccc3F)CC2)no1. The Balaban J connectivity index is 0.00000243. The zero-order valence-electron chi connectivity index (χ0n) is 13.6. The molecule has 144 valence electrons. The van der Waals surface area contributed by atoms with Crippen LogP contribution in [0.2, 0.25) is 0 Å². The van der Waals surface area contributed by atoms with Crippen LogP contribution in [0.25, 0.3) is 0 Å². The molecule has 1 aromatic heterocycles. The average molecular weight is 410 g/mol. The summed E-state index contributed by atoms with van der Waals surface area (Å²) in [5.41, 5.74) is 5.40. The van der Waals surface area contributed by atoms with Crippen LogP contribution in [-0.4, -0.2) is 53.9 Å². The molecule has 0 bridgehead atoms. The van der Waals surface area contributed by atoms with Crippen LogP contribution in [0.4, 0.5) is 8.78 Å². The number of aromatic nitrogens is 2. The first-order valence-electron chi connectivity index (χ1n) is 7.60. The Morgan fingerprint density at radius 2 is 1.77 bits per heavy atom. The van der Waals surface area contributed by atoms with E-state index in [1.807, 2.05) is 4.90 Å². The molecule has 1 aliphatic heterocycles.